The Labute approximate surface area is 105 Å². The van der Waals surface area contributed by atoms with Crippen LogP contribution in [-0.2, 0) is 0 Å². The molecule has 2 heteroatoms. The summed E-state index contributed by atoms with van der Waals surface area (Å²) in [7, 11) is 1.71. The number of aliphatic hydroxyl groups is 1. The lowest BCUT2D eigenvalue weighted by molar-refractivity contribution is 0.272. The highest BCUT2D eigenvalue weighted by Gasteiger charge is 2.15. The zero-order chi connectivity index (χ0) is 12.8. The molecule has 1 atom stereocenters. The summed E-state index contributed by atoms with van der Waals surface area (Å²) < 4.78 is 5.43. The summed E-state index contributed by atoms with van der Waals surface area (Å²) in [6.45, 7) is 6.77. The van der Waals surface area contributed by atoms with Gasteiger partial charge in [-0.1, -0.05) is 32.9 Å². The van der Waals surface area contributed by atoms with Gasteiger partial charge in [0.2, 0.25) is 0 Å². The van der Waals surface area contributed by atoms with Gasteiger partial charge in [-0.05, 0) is 41.9 Å². The summed E-state index contributed by atoms with van der Waals surface area (Å²) in [6.07, 6.45) is 1.83. The van der Waals surface area contributed by atoms with Gasteiger partial charge in [0.05, 0.1) is 7.11 Å². The maximum Gasteiger partial charge on any atom is 0.122 e. The molecule has 1 aromatic carbocycles. The van der Waals surface area contributed by atoms with E-state index in [0.717, 1.165) is 18.6 Å². The van der Waals surface area contributed by atoms with Crippen LogP contribution in [0.3, 0.4) is 0 Å². The van der Waals surface area contributed by atoms with Crippen LogP contribution in [0.25, 0.3) is 0 Å². The van der Waals surface area contributed by atoms with Gasteiger partial charge < -0.3 is 9.84 Å². The molecule has 0 heterocycles. The number of benzene rings is 1. The minimum absolute atomic E-state index is 0.230. The van der Waals surface area contributed by atoms with Crippen molar-refractivity contribution in [2.75, 3.05) is 13.7 Å². The van der Waals surface area contributed by atoms with Crippen molar-refractivity contribution >= 4 is 0 Å². The molecule has 0 bridgehead atoms. The zero-order valence-corrected chi connectivity index (χ0v) is 11.4. The van der Waals surface area contributed by atoms with Gasteiger partial charge in [-0.15, -0.1) is 0 Å². The molecule has 0 aliphatic heterocycles. The van der Waals surface area contributed by atoms with Crippen LogP contribution in [0.4, 0.5) is 0 Å². The predicted molar refractivity (Wildman–Crippen MR) is 71.8 cm³/mol. The topological polar surface area (TPSA) is 29.5 Å². The maximum absolute atomic E-state index is 9.13. The van der Waals surface area contributed by atoms with Crippen LogP contribution >= 0.6 is 0 Å². The minimum Gasteiger partial charge on any atom is -0.496 e. The Morgan fingerprint density at radius 3 is 2.47 bits per heavy atom. The summed E-state index contributed by atoms with van der Waals surface area (Å²) in [4.78, 5) is 0. The van der Waals surface area contributed by atoms with Gasteiger partial charge >= 0.3 is 0 Å². The van der Waals surface area contributed by atoms with Crippen molar-refractivity contribution in [1.82, 2.24) is 0 Å². The van der Waals surface area contributed by atoms with Crippen LogP contribution in [0.2, 0.25) is 0 Å². The van der Waals surface area contributed by atoms with Crippen molar-refractivity contribution in [3.05, 3.63) is 29.3 Å². The Kier molecular flexibility index (Phi) is 5.49. The molecular weight excluding hydrogens is 212 g/mol. The monoisotopic (exact) mass is 236 g/mol. The lowest BCUT2D eigenvalue weighted by atomic mass is 9.89. The highest BCUT2D eigenvalue weighted by Crippen LogP contribution is 2.33. The molecule has 0 fully saturated rings. The van der Waals surface area contributed by atoms with E-state index in [0.29, 0.717) is 11.8 Å². The molecule has 0 saturated carbocycles. The molecule has 1 N–H and O–H groups in total. The van der Waals surface area contributed by atoms with Gasteiger partial charge in [0.25, 0.3) is 0 Å². The van der Waals surface area contributed by atoms with E-state index in [9.17, 15) is 0 Å². The van der Waals surface area contributed by atoms with Gasteiger partial charge in [0, 0.05) is 6.61 Å². The molecule has 0 amide bonds. The van der Waals surface area contributed by atoms with Crippen molar-refractivity contribution in [2.45, 2.75) is 45.4 Å². The van der Waals surface area contributed by atoms with E-state index >= 15 is 0 Å². The summed E-state index contributed by atoms with van der Waals surface area (Å²) in [6, 6.07) is 6.40. The fourth-order valence-electron chi connectivity index (χ4n) is 2.17. The van der Waals surface area contributed by atoms with Crippen LogP contribution in [0.5, 0.6) is 5.75 Å². The fraction of sp³-hybridized carbons (Fsp3) is 0.600. The zero-order valence-electron chi connectivity index (χ0n) is 11.4. The Bertz CT molecular complexity index is 345. The van der Waals surface area contributed by atoms with E-state index in [1.165, 1.54) is 11.1 Å². The third-order valence-corrected chi connectivity index (χ3v) is 3.33. The third-order valence-electron chi connectivity index (χ3n) is 3.33. The van der Waals surface area contributed by atoms with E-state index in [1.807, 2.05) is 6.07 Å². The van der Waals surface area contributed by atoms with Crippen LogP contribution < -0.4 is 4.74 Å². The van der Waals surface area contributed by atoms with Crippen molar-refractivity contribution in [2.24, 2.45) is 0 Å². The van der Waals surface area contributed by atoms with Crippen LogP contribution in [0.1, 0.15) is 56.6 Å². The largest absolute Gasteiger partial charge is 0.496 e. The summed E-state index contributed by atoms with van der Waals surface area (Å²) >= 11 is 0. The molecule has 0 aromatic heterocycles. The first-order valence-electron chi connectivity index (χ1n) is 6.42. The fourth-order valence-corrected chi connectivity index (χ4v) is 2.17. The van der Waals surface area contributed by atoms with Crippen LogP contribution in [0, 0.1) is 0 Å². The average Bonchev–Trinajstić information content (AvgIpc) is 2.35. The molecule has 0 aliphatic rings. The Morgan fingerprint density at radius 2 is 2.00 bits per heavy atom. The summed E-state index contributed by atoms with van der Waals surface area (Å²) in [5.41, 5.74) is 2.56. The highest BCUT2D eigenvalue weighted by molar-refractivity contribution is 5.40. The summed E-state index contributed by atoms with van der Waals surface area (Å²) in [5.74, 6) is 1.84. The Balaban J connectivity index is 3.11. The van der Waals surface area contributed by atoms with Crippen molar-refractivity contribution in [1.29, 1.82) is 0 Å². The number of ether oxygens (including phenoxy) is 1. The standard InChI is InChI=1S/C15H24O2/c1-5-12(8-9-16)14-10-13(11(2)3)6-7-15(14)17-4/h6-7,10-12,16H,5,8-9H2,1-4H3. The molecule has 17 heavy (non-hydrogen) atoms. The second-order valence-corrected chi connectivity index (χ2v) is 4.77. The van der Waals surface area contributed by atoms with Crippen LogP contribution in [0.15, 0.2) is 18.2 Å². The molecule has 96 valence electrons. The van der Waals surface area contributed by atoms with Gasteiger partial charge in [-0.2, -0.15) is 0 Å². The second kappa shape index (κ2) is 6.65. The first kappa shape index (κ1) is 14.0. The lowest BCUT2D eigenvalue weighted by Crippen LogP contribution is -2.04. The average molecular weight is 236 g/mol. The Hall–Kier alpha value is -1.02. The number of aliphatic hydroxyl groups excluding tert-OH is 1. The number of hydrogen-bond donors (Lipinski definition) is 1. The molecule has 0 saturated heterocycles. The predicted octanol–water partition coefficient (Wildman–Crippen LogP) is 3.69. The number of rotatable bonds is 6. The van der Waals surface area contributed by atoms with Gasteiger partial charge in [-0.25, -0.2) is 0 Å². The third kappa shape index (κ3) is 3.47. The number of hydrogen-bond acceptors (Lipinski definition) is 2. The van der Waals surface area contributed by atoms with Crippen LogP contribution in [-0.4, -0.2) is 18.8 Å². The Morgan fingerprint density at radius 1 is 1.29 bits per heavy atom. The summed E-state index contributed by atoms with van der Waals surface area (Å²) in [5, 5.41) is 9.13. The van der Waals surface area contributed by atoms with Gasteiger partial charge in [0.1, 0.15) is 5.75 Å². The minimum atomic E-state index is 0.230. The van der Waals surface area contributed by atoms with E-state index in [4.69, 9.17) is 9.84 Å². The van der Waals surface area contributed by atoms with E-state index in [2.05, 4.69) is 32.9 Å². The molecule has 2 nitrogen and oxygen atoms in total. The first-order valence-corrected chi connectivity index (χ1v) is 6.42. The smallest absolute Gasteiger partial charge is 0.122 e. The van der Waals surface area contributed by atoms with Crippen molar-refractivity contribution < 1.29 is 9.84 Å². The second-order valence-electron chi connectivity index (χ2n) is 4.77. The highest BCUT2D eigenvalue weighted by atomic mass is 16.5. The normalized spacial score (nSPS) is 12.8. The quantitative estimate of drug-likeness (QED) is 0.816. The SMILES string of the molecule is CCC(CCO)c1cc(C(C)C)ccc1OC. The van der Waals surface area contributed by atoms with Crippen molar-refractivity contribution in [3.63, 3.8) is 0 Å². The molecular formula is C15H24O2. The first-order chi connectivity index (χ1) is 8.13. The van der Waals surface area contributed by atoms with E-state index in [-0.39, 0.29) is 6.61 Å². The van der Waals surface area contributed by atoms with E-state index < -0.39 is 0 Å². The molecule has 0 spiro atoms. The molecule has 1 unspecified atom stereocenters. The maximum atomic E-state index is 9.13. The van der Waals surface area contributed by atoms with Gasteiger partial charge in [0.15, 0.2) is 0 Å². The van der Waals surface area contributed by atoms with Crippen molar-refractivity contribution in [3.8, 4) is 5.75 Å². The molecule has 1 aromatic rings. The van der Waals surface area contributed by atoms with E-state index in [1.54, 1.807) is 7.11 Å². The van der Waals surface area contributed by atoms with Gasteiger partial charge in [-0.3, -0.25) is 0 Å². The molecule has 0 radical (unpaired) electrons. The number of methoxy groups -OCH3 is 1. The lowest BCUT2D eigenvalue weighted by Gasteiger charge is -2.19. The molecule has 1 rings (SSSR count). The molecule has 0 aliphatic carbocycles.